The molecule has 0 radical (unpaired) electrons. The fourth-order valence-electron chi connectivity index (χ4n) is 1.90. The van der Waals surface area contributed by atoms with Crippen LogP contribution in [0.15, 0.2) is 66.0 Å². The normalized spacial score (nSPS) is 10.9. The molecular weight excluding hydrogens is 296 g/mol. The van der Waals surface area contributed by atoms with Gasteiger partial charge in [-0.25, -0.2) is 0 Å². The molecule has 0 amide bonds. The van der Waals surface area contributed by atoms with Crippen LogP contribution >= 0.6 is 12.2 Å². The van der Waals surface area contributed by atoms with Gasteiger partial charge in [-0.3, -0.25) is 5.10 Å². The number of nitrogens with zero attached hydrogens (tertiary/aromatic N) is 3. The minimum Gasteiger partial charge on any atom is -0.488 e. The van der Waals surface area contributed by atoms with Gasteiger partial charge in [-0.2, -0.15) is 14.9 Å². The summed E-state index contributed by atoms with van der Waals surface area (Å²) >= 11 is 5.05. The van der Waals surface area contributed by atoms with Gasteiger partial charge in [-0.05, 0) is 29.9 Å². The molecule has 1 N–H and O–H groups in total. The number of benzene rings is 2. The molecule has 5 nitrogen and oxygen atoms in total. The van der Waals surface area contributed by atoms with Gasteiger partial charge in [0.2, 0.25) is 4.77 Å². The van der Waals surface area contributed by atoms with E-state index in [9.17, 15) is 0 Å². The van der Waals surface area contributed by atoms with Gasteiger partial charge in [-0.1, -0.05) is 42.5 Å². The lowest BCUT2D eigenvalue weighted by Crippen LogP contribution is -1.98. The third-order valence-corrected chi connectivity index (χ3v) is 3.29. The van der Waals surface area contributed by atoms with E-state index in [1.54, 1.807) is 6.21 Å². The molecule has 0 aliphatic carbocycles. The van der Waals surface area contributed by atoms with E-state index in [-0.39, 0.29) is 0 Å². The van der Waals surface area contributed by atoms with E-state index < -0.39 is 0 Å². The summed E-state index contributed by atoms with van der Waals surface area (Å²) in [6.07, 6.45) is 3.22. The second-order valence-electron chi connectivity index (χ2n) is 4.56. The smallest absolute Gasteiger partial charge is 0.216 e. The second kappa shape index (κ2) is 6.82. The van der Waals surface area contributed by atoms with Crippen molar-refractivity contribution in [3.8, 4) is 5.75 Å². The molecule has 1 heterocycles. The first-order valence-electron chi connectivity index (χ1n) is 6.75. The van der Waals surface area contributed by atoms with Crippen molar-refractivity contribution in [2.45, 2.75) is 6.61 Å². The predicted octanol–water partition coefficient (Wildman–Crippen LogP) is 3.40. The monoisotopic (exact) mass is 310 g/mol. The van der Waals surface area contributed by atoms with Gasteiger partial charge in [0.05, 0.1) is 6.21 Å². The van der Waals surface area contributed by atoms with Crippen molar-refractivity contribution in [2.24, 2.45) is 5.10 Å². The van der Waals surface area contributed by atoms with E-state index in [2.05, 4.69) is 15.3 Å². The number of hydrogen-bond acceptors (Lipinski definition) is 4. The Kier molecular flexibility index (Phi) is 4.41. The molecule has 0 aliphatic heterocycles. The van der Waals surface area contributed by atoms with E-state index >= 15 is 0 Å². The Bertz CT molecular complexity index is 823. The number of rotatable bonds is 5. The molecule has 0 fully saturated rings. The SMILES string of the molecule is S=c1[nH]ncn1N=Cc1ccccc1OCc1ccccc1. The van der Waals surface area contributed by atoms with Gasteiger partial charge >= 0.3 is 0 Å². The van der Waals surface area contributed by atoms with Gasteiger partial charge in [-0.15, -0.1) is 0 Å². The predicted molar refractivity (Wildman–Crippen MR) is 87.6 cm³/mol. The summed E-state index contributed by atoms with van der Waals surface area (Å²) in [5.41, 5.74) is 1.99. The van der Waals surface area contributed by atoms with E-state index in [4.69, 9.17) is 17.0 Å². The average molecular weight is 310 g/mol. The lowest BCUT2D eigenvalue weighted by atomic mass is 10.2. The highest BCUT2D eigenvalue weighted by Crippen LogP contribution is 2.17. The summed E-state index contributed by atoms with van der Waals surface area (Å²) in [5.74, 6) is 0.769. The maximum Gasteiger partial charge on any atom is 0.216 e. The van der Waals surface area contributed by atoms with Crippen LogP contribution in [0.4, 0.5) is 0 Å². The number of para-hydroxylation sites is 1. The summed E-state index contributed by atoms with van der Waals surface area (Å²) in [7, 11) is 0. The van der Waals surface area contributed by atoms with Crippen LogP contribution in [0, 0.1) is 4.77 Å². The molecule has 0 aliphatic rings. The summed E-state index contributed by atoms with van der Waals surface area (Å²) in [4.78, 5) is 0. The van der Waals surface area contributed by atoms with Crippen molar-refractivity contribution in [3.63, 3.8) is 0 Å². The van der Waals surface area contributed by atoms with Crippen LogP contribution < -0.4 is 4.74 Å². The van der Waals surface area contributed by atoms with Gasteiger partial charge in [0, 0.05) is 5.56 Å². The van der Waals surface area contributed by atoms with Crippen LogP contribution in [0.2, 0.25) is 0 Å². The molecule has 110 valence electrons. The largest absolute Gasteiger partial charge is 0.488 e. The Morgan fingerprint density at radius 1 is 1.14 bits per heavy atom. The zero-order chi connectivity index (χ0) is 15.2. The number of nitrogens with one attached hydrogen (secondary N) is 1. The summed E-state index contributed by atoms with van der Waals surface area (Å²) in [6.45, 7) is 0.511. The van der Waals surface area contributed by atoms with Gasteiger partial charge < -0.3 is 4.74 Å². The van der Waals surface area contributed by atoms with E-state index in [1.807, 2.05) is 54.6 Å². The van der Waals surface area contributed by atoms with E-state index in [1.165, 1.54) is 11.0 Å². The van der Waals surface area contributed by atoms with Crippen LogP contribution in [0.3, 0.4) is 0 Å². The van der Waals surface area contributed by atoms with E-state index in [0.717, 1.165) is 16.9 Å². The van der Waals surface area contributed by atoms with Crippen molar-refractivity contribution in [3.05, 3.63) is 76.8 Å². The molecule has 3 rings (SSSR count). The molecule has 1 aromatic heterocycles. The molecule has 0 atom stereocenters. The molecule has 2 aromatic carbocycles. The Hall–Kier alpha value is -2.73. The highest BCUT2D eigenvalue weighted by molar-refractivity contribution is 7.71. The summed E-state index contributed by atoms with van der Waals surface area (Å²) in [6, 6.07) is 17.8. The Balaban J connectivity index is 1.77. The molecule has 6 heteroatoms. The topological polar surface area (TPSA) is 55.2 Å². The highest BCUT2D eigenvalue weighted by atomic mass is 32.1. The number of H-pyrrole nitrogens is 1. The van der Waals surface area contributed by atoms with Crippen LogP contribution in [0.5, 0.6) is 5.75 Å². The maximum atomic E-state index is 5.87. The molecule has 0 spiro atoms. The lowest BCUT2D eigenvalue weighted by Gasteiger charge is -2.08. The quantitative estimate of drug-likeness (QED) is 0.580. The van der Waals surface area contributed by atoms with Crippen LogP contribution in [-0.4, -0.2) is 21.1 Å². The molecule has 0 unspecified atom stereocenters. The number of ether oxygens (including phenoxy) is 1. The highest BCUT2D eigenvalue weighted by Gasteiger charge is 2.01. The van der Waals surface area contributed by atoms with Crippen molar-refractivity contribution in [1.29, 1.82) is 0 Å². The zero-order valence-corrected chi connectivity index (χ0v) is 12.5. The van der Waals surface area contributed by atoms with E-state index in [0.29, 0.717) is 11.4 Å². The summed E-state index contributed by atoms with van der Waals surface area (Å²) in [5, 5.41) is 10.7. The van der Waals surface area contributed by atoms with Gasteiger partial charge in [0.15, 0.2) is 0 Å². The van der Waals surface area contributed by atoms with Crippen LogP contribution in [0.1, 0.15) is 11.1 Å². The minimum atomic E-state index is 0.443. The standard InChI is InChI=1S/C16H14N4OS/c22-16-19-17-12-20(16)18-10-14-8-4-5-9-15(14)21-11-13-6-2-1-3-7-13/h1-10,12H,11H2,(H,19,22). The third kappa shape index (κ3) is 3.48. The Morgan fingerprint density at radius 3 is 2.68 bits per heavy atom. The number of hydrogen-bond donors (Lipinski definition) is 1. The second-order valence-corrected chi connectivity index (χ2v) is 4.95. The maximum absolute atomic E-state index is 5.87. The van der Waals surface area contributed by atoms with Crippen LogP contribution in [-0.2, 0) is 6.61 Å². The molecule has 22 heavy (non-hydrogen) atoms. The zero-order valence-electron chi connectivity index (χ0n) is 11.7. The molecule has 0 saturated heterocycles. The minimum absolute atomic E-state index is 0.443. The first-order chi connectivity index (χ1) is 10.8. The average Bonchev–Trinajstić information content (AvgIpc) is 2.98. The Labute approximate surface area is 132 Å². The Morgan fingerprint density at radius 2 is 1.91 bits per heavy atom. The lowest BCUT2D eigenvalue weighted by molar-refractivity contribution is 0.306. The van der Waals surface area contributed by atoms with Gasteiger partial charge in [0.25, 0.3) is 0 Å². The fourth-order valence-corrected chi connectivity index (χ4v) is 2.05. The number of aromatic amines is 1. The first kappa shape index (κ1) is 14.2. The van der Waals surface area contributed by atoms with Crippen LogP contribution in [0.25, 0.3) is 0 Å². The number of aromatic nitrogens is 3. The first-order valence-corrected chi connectivity index (χ1v) is 7.16. The van der Waals surface area contributed by atoms with Crippen molar-refractivity contribution < 1.29 is 4.74 Å². The molecule has 0 bridgehead atoms. The third-order valence-electron chi connectivity index (χ3n) is 3.01. The molecule has 3 aromatic rings. The molecular formula is C16H14N4OS. The summed E-state index contributed by atoms with van der Waals surface area (Å²) < 4.78 is 7.81. The van der Waals surface area contributed by atoms with Gasteiger partial charge in [0.1, 0.15) is 18.7 Å². The van der Waals surface area contributed by atoms with Crippen molar-refractivity contribution >= 4 is 18.4 Å². The molecule has 0 saturated carbocycles. The fraction of sp³-hybridized carbons (Fsp3) is 0.0625. The van der Waals surface area contributed by atoms with Crippen molar-refractivity contribution in [1.82, 2.24) is 14.9 Å². The van der Waals surface area contributed by atoms with Crippen molar-refractivity contribution in [2.75, 3.05) is 0 Å².